The average molecular weight is 299 g/mol. The third-order valence-corrected chi connectivity index (χ3v) is 3.02. The molecule has 5 heteroatoms. The molecule has 0 heterocycles. The summed E-state index contributed by atoms with van der Waals surface area (Å²) in [5, 5.41) is 8.57. The molecule has 0 fully saturated rings. The lowest BCUT2D eigenvalue weighted by molar-refractivity contribution is 0.0741. The Morgan fingerprint density at radius 3 is 2.88 bits per heavy atom. The van der Waals surface area contributed by atoms with Gasteiger partial charge in [-0.05, 0) is 25.1 Å². The minimum atomic E-state index is -0.561. The highest BCUT2D eigenvalue weighted by atomic mass is 79.9. The van der Waals surface area contributed by atoms with Crippen LogP contribution in [0.4, 0.5) is 4.39 Å². The maximum Gasteiger partial charge on any atom is 0.256 e. The van der Waals surface area contributed by atoms with Gasteiger partial charge in [0.2, 0.25) is 0 Å². The molecule has 90 valence electrons. The smallest absolute Gasteiger partial charge is 0.256 e. The second-order valence-electron chi connectivity index (χ2n) is 3.75. The summed E-state index contributed by atoms with van der Waals surface area (Å²) < 4.78 is 14.1. The molecular weight excluding hydrogens is 287 g/mol. The van der Waals surface area contributed by atoms with Gasteiger partial charge in [-0.3, -0.25) is 4.79 Å². The van der Waals surface area contributed by atoms with Crippen molar-refractivity contribution in [2.45, 2.75) is 19.4 Å². The lowest BCUT2D eigenvalue weighted by Gasteiger charge is -2.23. The van der Waals surface area contributed by atoms with Gasteiger partial charge in [0.15, 0.2) is 0 Å². The quantitative estimate of drug-likeness (QED) is 0.861. The SMILES string of the molecule is CC(CC#N)N(C)C(=O)c1cc(Br)ccc1F. The van der Waals surface area contributed by atoms with Crippen molar-refractivity contribution < 1.29 is 9.18 Å². The van der Waals surface area contributed by atoms with Gasteiger partial charge in [-0.1, -0.05) is 15.9 Å². The number of hydrogen-bond acceptors (Lipinski definition) is 2. The van der Waals surface area contributed by atoms with Crippen LogP contribution in [0.15, 0.2) is 22.7 Å². The molecule has 0 bridgehead atoms. The normalized spacial score (nSPS) is 11.7. The van der Waals surface area contributed by atoms with Crippen molar-refractivity contribution in [1.29, 1.82) is 5.26 Å². The zero-order valence-corrected chi connectivity index (χ0v) is 11.2. The molecule has 1 unspecified atom stereocenters. The Bertz CT molecular complexity index is 470. The summed E-state index contributed by atoms with van der Waals surface area (Å²) in [6, 6.07) is 5.95. The third kappa shape index (κ3) is 3.27. The molecule has 1 amide bonds. The molecule has 0 radical (unpaired) electrons. The Labute approximate surface area is 108 Å². The first-order valence-electron chi connectivity index (χ1n) is 5.06. The van der Waals surface area contributed by atoms with E-state index in [1.54, 1.807) is 14.0 Å². The summed E-state index contributed by atoms with van der Waals surface area (Å²) >= 11 is 3.19. The van der Waals surface area contributed by atoms with Crippen LogP contribution in [0.25, 0.3) is 0 Å². The van der Waals surface area contributed by atoms with Crippen molar-refractivity contribution in [2.24, 2.45) is 0 Å². The number of carbonyl (C=O) groups is 1. The van der Waals surface area contributed by atoms with Crippen molar-refractivity contribution in [3.8, 4) is 6.07 Å². The van der Waals surface area contributed by atoms with Gasteiger partial charge >= 0.3 is 0 Å². The highest BCUT2D eigenvalue weighted by Gasteiger charge is 2.20. The number of nitriles is 1. The first-order chi connectivity index (χ1) is 7.97. The number of rotatable bonds is 3. The largest absolute Gasteiger partial charge is 0.338 e. The van der Waals surface area contributed by atoms with E-state index in [-0.39, 0.29) is 18.0 Å². The molecule has 0 aliphatic rings. The van der Waals surface area contributed by atoms with Gasteiger partial charge < -0.3 is 4.90 Å². The molecule has 0 aliphatic heterocycles. The Balaban J connectivity index is 2.96. The summed E-state index contributed by atoms with van der Waals surface area (Å²) in [5.74, 6) is -0.985. The van der Waals surface area contributed by atoms with Gasteiger partial charge in [0, 0.05) is 17.6 Å². The van der Waals surface area contributed by atoms with Crippen LogP contribution in [0.5, 0.6) is 0 Å². The van der Waals surface area contributed by atoms with E-state index in [4.69, 9.17) is 5.26 Å². The van der Waals surface area contributed by atoms with E-state index < -0.39 is 11.7 Å². The van der Waals surface area contributed by atoms with Crippen LogP contribution >= 0.6 is 15.9 Å². The van der Waals surface area contributed by atoms with Crippen LogP contribution in [0.3, 0.4) is 0 Å². The third-order valence-electron chi connectivity index (χ3n) is 2.53. The molecule has 1 aromatic rings. The van der Waals surface area contributed by atoms with Crippen LogP contribution in [0.2, 0.25) is 0 Å². The van der Waals surface area contributed by atoms with Gasteiger partial charge in [-0.2, -0.15) is 5.26 Å². The molecule has 0 saturated heterocycles. The second kappa shape index (κ2) is 5.78. The van der Waals surface area contributed by atoms with Crippen LogP contribution in [0.1, 0.15) is 23.7 Å². The standard InChI is InChI=1S/C12H12BrFN2O/c1-8(5-6-15)16(2)12(17)10-7-9(13)3-4-11(10)14/h3-4,7-8H,5H2,1-2H3. The average Bonchev–Trinajstić information content (AvgIpc) is 2.30. The van der Waals surface area contributed by atoms with Gasteiger partial charge in [-0.25, -0.2) is 4.39 Å². The molecular formula is C12H12BrFN2O. The second-order valence-corrected chi connectivity index (χ2v) is 4.67. The number of carbonyl (C=O) groups excluding carboxylic acids is 1. The molecule has 0 aromatic heterocycles. The molecule has 0 saturated carbocycles. The summed E-state index contributed by atoms with van der Waals surface area (Å²) in [4.78, 5) is 13.4. The number of amides is 1. The van der Waals surface area contributed by atoms with Crippen molar-refractivity contribution in [1.82, 2.24) is 4.90 Å². The van der Waals surface area contributed by atoms with Gasteiger partial charge in [0.05, 0.1) is 18.1 Å². The van der Waals surface area contributed by atoms with Crippen LogP contribution in [-0.4, -0.2) is 23.9 Å². The Morgan fingerprint density at radius 1 is 1.65 bits per heavy atom. The van der Waals surface area contributed by atoms with E-state index >= 15 is 0 Å². The number of nitrogens with zero attached hydrogens (tertiary/aromatic N) is 2. The van der Waals surface area contributed by atoms with Crippen LogP contribution in [-0.2, 0) is 0 Å². The Hall–Kier alpha value is -1.41. The first-order valence-corrected chi connectivity index (χ1v) is 5.85. The van der Waals surface area contributed by atoms with Crippen molar-refractivity contribution in [3.05, 3.63) is 34.1 Å². The first kappa shape index (κ1) is 13.7. The van der Waals surface area contributed by atoms with E-state index in [2.05, 4.69) is 15.9 Å². The van der Waals surface area contributed by atoms with E-state index in [1.165, 1.54) is 23.1 Å². The molecule has 1 atom stereocenters. The number of benzene rings is 1. The maximum atomic E-state index is 13.5. The molecule has 17 heavy (non-hydrogen) atoms. The lowest BCUT2D eigenvalue weighted by Crippen LogP contribution is -2.35. The molecule has 1 rings (SSSR count). The highest BCUT2D eigenvalue weighted by molar-refractivity contribution is 9.10. The number of halogens is 2. The van der Waals surface area contributed by atoms with Gasteiger partial charge in [0.1, 0.15) is 5.82 Å². The Kier molecular flexibility index (Phi) is 4.64. The molecule has 0 N–H and O–H groups in total. The topological polar surface area (TPSA) is 44.1 Å². The van der Waals surface area contributed by atoms with E-state index in [1.807, 2.05) is 6.07 Å². The highest BCUT2D eigenvalue weighted by Crippen LogP contribution is 2.18. The fourth-order valence-corrected chi connectivity index (χ4v) is 1.68. The summed E-state index contributed by atoms with van der Waals surface area (Å²) in [7, 11) is 1.56. The van der Waals surface area contributed by atoms with Crippen molar-refractivity contribution in [3.63, 3.8) is 0 Å². The van der Waals surface area contributed by atoms with Gasteiger partial charge in [0.25, 0.3) is 5.91 Å². The number of hydrogen-bond donors (Lipinski definition) is 0. The minimum absolute atomic E-state index is 0.00617. The summed E-state index contributed by atoms with van der Waals surface area (Å²) in [5.41, 5.74) is 0.00617. The van der Waals surface area contributed by atoms with Crippen LogP contribution in [0, 0.1) is 17.1 Å². The predicted molar refractivity (Wildman–Crippen MR) is 65.9 cm³/mol. The minimum Gasteiger partial charge on any atom is -0.338 e. The summed E-state index contributed by atoms with van der Waals surface area (Å²) in [6.45, 7) is 1.75. The van der Waals surface area contributed by atoms with E-state index in [9.17, 15) is 9.18 Å². The van der Waals surface area contributed by atoms with Crippen molar-refractivity contribution >= 4 is 21.8 Å². The predicted octanol–water partition coefficient (Wildman–Crippen LogP) is 2.96. The van der Waals surface area contributed by atoms with E-state index in [0.717, 1.165) is 0 Å². The monoisotopic (exact) mass is 298 g/mol. The fourth-order valence-electron chi connectivity index (χ4n) is 1.32. The van der Waals surface area contributed by atoms with Crippen LogP contribution < -0.4 is 0 Å². The molecule has 3 nitrogen and oxygen atoms in total. The van der Waals surface area contributed by atoms with E-state index in [0.29, 0.717) is 4.47 Å². The van der Waals surface area contributed by atoms with Crippen molar-refractivity contribution in [2.75, 3.05) is 7.05 Å². The fraction of sp³-hybridized carbons (Fsp3) is 0.333. The Morgan fingerprint density at radius 2 is 2.29 bits per heavy atom. The molecule has 0 aliphatic carbocycles. The molecule has 1 aromatic carbocycles. The maximum absolute atomic E-state index is 13.5. The lowest BCUT2D eigenvalue weighted by atomic mass is 10.1. The zero-order chi connectivity index (χ0) is 13.0. The molecule has 0 spiro atoms. The summed E-state index contributed by atoms with van der Waals surface area (Å²) in [6.07, 6.45) is 0.220. The van der Waals surface area contributed by atoms with Gasteiger partial charge in [-0.15, -0.1) is 0 Å². The zero-order valence-electron chi connectivity index (χ0n) is 9.58.